The van der Waals surface area contributed by atoms with Gasteiger partial charge >= 0.3 is 5.69 Å². The third-order valence-corrected chi connectivity index (χ3v) is 5.93. The summed E-state index contributed by atoms with van der Waals surface area (Å²) in [6.45, 7) is 8.19. The zero-order valence-electron chi connectivity index (χ0n) is 18.3. The fourth-order valence-corrected chi connectivity index (χ4v) is 4.33. The molecule has 3 aromatic heterocycles. The van der Waals surface area contributed by atoms with E-state index in [0.29, 0.717) is 47.2 Å². The molecule has 0 saturated carbocycles. The number of carbonyl (C=O) groups excluding carboxylic acids is 1. The summed E-state index contributed by atoms with van der Waals surface area (Å²) < 4.78 is 8.18. The van der Waals surface area contributed by atoms with Crippen LogP contribution in [0, 0.1) is 0 Å². The molecular formula is C23H22N8O3. The van der Waals surface area contributed by atoms with Gasteiger partial charge in [0.05, 0.1) is 11.7 Å². The number of hydrogen-bond donors (Lipinski definition) is 1. The summed E-state index contributed by atoms with van der Waals surface area (Å²) in [6, 6.07) is 6.86. The van der Waals surface area contributed by atoms with Crippen molar-refractivity contribution in [3.05, 3.63) is 66.2 Å². The lowest BCUT2D eigenvalue weighted by atomic mass is 10.1. The first kappa shape index (κ1) is 21.3. The molecule has 1 unspecified atom stereocenters. The second-order valence-corrected chi connectivity index (χ2v) is 7.91. The van der Waals surface area contributed by atoms with Crippen LogP contribution < -0.4 is 11.4 Å². The Labute approximate surface area is 193 Å². The summed E-state index contributed by atoms with van der Waals surface area (Å²) >= 11 is 0. The number of aromatic nitrogens is 6. The molecule has 1 atom stereocenters. The number of piperidine rings is 1. The number of benzene rings is 1. The van der Waals surface area contributed by atoms with Crippen molar-refractivity contribution in [2.75, 3.05) is 18.8 Å². The summed E-state index contributed by atoms with van der Waals surface area (Å²) in [5.74, 6) is 0.758. The number of carbonyl (C=O) groups is 1. The predicted molar refractivity (Wildman–Crippen MR) is 126 cm³/mol. The maximum atomic E-state index is 13.7. The Bertz CT molecular complexity index is 1460. The van der Waals surface area contributed by atoms with E-state index in [4.69, 9.17) is 10.3 Å². The maximum absolute atomic E-state index is 13.7. The van der Waals surface area contributed by atoms with Gasteiger partial charge in [-0.3, -0.25) is 13.9 Å². The van der Waals surface area contributed by atoms with E-state index in [-0.39, 0.29) is 23.5 Å². The van der Waals surface area contributed by atoms with Crippen LogP contribution in [0.2, 0.25) is 0 Å². The molecule has 5 rings (SSSR count). The number of imidazole rings is 1. The highest BCUT2D eigenvalue weighted by Crippen LogP contribution is 2.28. The summed E-state index contributed by atoms with van der Waals surface area (Å²) in [6.07, 6.45) is 5.58. The molecule has 1 aromatic carbocycles. The van der Waals surface area contributed by atoms with Gasteiger partial charge in [-0.2, -0.15) is 4.98 Å². The lowest BCUT2D eigenvalue weighted by molar-refractivity contribution is -0.127. The standard InChI is InChI=1S/C23H22N8O3/c1-3-17-27-21(28-34-17)14-7-9-15(10-8-14)30-19-20(24)25-13-26-22(19)31(23(30)33)16-6-5-11-29(12-16)18(32)4-2/h3-4,7-10,13,16H,1-2,5-6,11-12H2,(H2,24,25,26). The van der Waals surface area contributed by atoms with E-state index in [1.165, 1.54) is 23.0 Å². The van der Waals surface area contributed by atoms with Gasteiger partial charge in [-0.25, -0.2) is 14.8 Å². The highest BCUT2D eigenvalue weighted by Gasteiger charge is 2.29. The third-order valence-electron chi connectivity index (χ3n) is 5.93. The molecule has 11 heteroatoms. The summed E-state index contributed by atoms with van der Waals surface area (Å²) in [7, 11) is 0. The van der Waals surface area contributed by atoms with Crippen LogP contribution in [0.4, 0.5) is 5.82 Å². The van der Waals surface area contributed by atoms with E-state index < -0.39 is 0 Å². The molecule has 11 nitrogen and oxygen atoms in total. The Morgan fingerprint density at radius 2 is 2.00 bits per heavy atom. The fraction of sp³-hybridized carbons (Fsp3) is 0.217. The van der Waals surface area contributed by atoms with Gasteiger partial charge in [-0.15, -0.1) is 0 Å². The minimum Gasteiger partial charge on any atom is -0.382 e. The Kier molecular flexibility index (Phi) is 5.28. The highest BCUT2D eigenvalue weighted by molar-refractivity contribution is 5.87. The first-order chi connectivity index (χ1) is 16.5. The lowest BCUT2D eigenvalue weighted by Gasteiger charge is -2.32. The zero-order valence-corrected chi connectivity index (χ0v) is 18.3. The predicted octanol–water partition coefficient (Wildman–Crippen LogP) is 2.21. The Morgan fingerprint density at radius 1 is 1.21 bits per heavy atom. The SMILES string of the molecule is C=CC(=O)N1CCCC(n2c(=O)n(-c3ccc(-c4noc(C=C)n4)cc3)c3c(N)ncnc32)C1. The molecule has 4 aromatic rings. The van der Waals surface area contributed by atoms with Gasteiger partial charge in [0, 0.05) is 18.7 Å². The Balaban J connectivity index is 1.60. The van der Waals surface area contributed by atoms with Gasteiger partial charge < -0.3 is 15.2 Å². The number of anilines is 1. The maximum Gasteiger partial charge on any atom is 0.335 e. The molecule has 1 fully saturated rings. The quantitative estimate of drug-likeness (QED) is 0.449. The van der Waals surface area contributed by atoms with Crippen LogP contribution in [-0.2, 0) is 4.79 Å². The first-order valence-electron chi connectivity index (χ1n) is 10.7. The van der Waals surface area contributed by atoms with E-state index in [9.17, 15) is 9.59 Å². The topological polar surface area (TPSA) is 138 Å². The smallest absolute Gasteiger partial charge is 0.335 e. The molecule has 0 bridgehead atoms. The second-order valence-electron chi connectivity index (χ2n) is 7.91. The van der Waals surface area contributed by atoms with Gasteiger partial charge in [0.15, 0.2) is 11.5 Å². The van der Waals surface area contributed by atoms with Gasteiger partial charge in [-0.05, 0) is 49.3 Å². The van der Waals surface area contributed by atoms with Crippen LogP contribution in [0.25, 0.3) is 34.3 Å². The van der Waals surface area contributed by atoms with Crippen LogP contribution in [0.15, 0.2) is 59.1 Å². The van der Waals surface area contributed by atoms with Crippen molar-refractivity contribution in [3.8, 4) is 17.1 Å². The molecule has 0 radical (unpaired) electrons. The summed E-state index contributed by atoms with van der Waals surface area (Å²) in [5.41, 5.74) is 8.04. The number of rotatable bonds is 5. The molecule has 1 aliphatic heterocycles. The molecule has 1 saturated heterocycles. The number of hydrogen-bond acceptors (Lipinski definition) is 8. The average molecular weight is 458 g/mol. The molecule has 1 aliphatic rings. The van der Waals surface area contributed by atoms with Crippen LogP contribution in [0.1, 0.15) is 24.8 Å². The largest absolute Gasteiger partial charge is 0.382 e. The van der Waals surface area contributed by atoms with E-state index in [1.54, 1.807) is 33.7 Å². The third kappa shape index (κ3) is 3.47. The summed E-state index contributed by atoms with van der Waals surface area (Å²) in [4.78, 5) is 40.3. The number of nitrogens with zero attached hydrogens (tertiary/aromatic N) is 7. The van der Waals surface area contributed by atoms with E-state index in [0.717, 1.165) is 12.8 Å². The Morgan fingerprint density at radius 3 is 2.71 bits per heavy atom. The van der Waals surface area contributed by atoms with Crippen molar-refractivity contribution in [1.29, 1.82) is 0 Å². The molecule has 0 aliphatic carbocycles. The number of likely N-dealkylation sites (tertiary alicyclic amines) is 1. The molecular weight excluding hydrogens is 436 g/mol. The van der Waals surface area contributed by atoms with E-state index >= 15 is 0 Å². The fourth-order valence-electron chi connectivity index (χ4n) is 4.33. The van der Waals surface area contributed by atoms with Crippen molar-refractivity contribution >= 4 is 29.0 Å². The number of fused-ring (bicyclic) bond motifs is 1. The monoisotopic (exact) mass is 458 g/mol. The van der Waals surface area contributed by atoms with Crippen LogP contribution >= 0.6 is 0 Å². The minimum absolute atomic E-state index is 0.160. The molecule has 4 heterocycles. The van der Waals surface area contributed by atoms with Crippen molar-refractivity contribution in [1.82, 2.24) is 34.1 Å². The van der Waals surface area contributed by atoms with Gasteiger partial charge in [0.25, 0.3) is 0 Å². The second kappa shape index (κ2) is 8.43. The highest BCUT2D eigenvalue weighted by atomic mass is 16.5. The van der Waals surface area contributed by atoms with Crippen molar-refractivity contribution < 1.29 is 9.32 Å². The zero-order chi connectivity index (χ0) is 23.8. The number of amides is 1. The van der Waals surface area contributed by atoms with Crippen molar-refractivity contribution in [2.45, 2.75) is 18.9 Å². The Hall–Kier alpha value is -4.54. The van der Waals surface area contributed by atoms with Crippen molar-refractivity contribution in [2.24, 2.45) is 0 Å². The van der Waals surface area contributed by atoms with E-state index in [1.807, 2.05) is 0 Å². The molecule has 1 amide bonds. The summed E-state index contributed by atoms with van der Waals surface area (Å²) in [5, 5.41) is 3.93. The van der Waals surface area contributed by atoms with Gasteiger partial charge in [0.1, 0.15) is 11.8 Å². The van der Waals surface area contributed by atoms with Gasteiger partial charge in [-0.1, -0.05) is 18.3 Å². The number of nitrogen functional groups attached to an aromatic ring is 1. The van der Waals surface area contributed by atoms with Crippen LogP contribution in [0.5, 0.6) is 0 Å². The molecule has 34 heavy (non-hydrogen) atoms. The van der Waals surface area contributed by atoms with Crippen LogP contribution in [0.3, 0.4) is 0 Å². The molecule has 172 valence electrons. The normalized spacial score (nSPS) is 16.0. The minimum atomic E-state index is -0.304. The first-order valence-corrected chi connectivity index (χ1v) is 10.7. The van der Waals surface area contributed by atoms with Crippen LogP contribution in [-0.4, -0.2) is 53.1 Å². The molecule has 0 spiro atoms. The average Bonchev–Trinajstić information content (AvgIpc) is 3.46. The lowest BCUT2D eigenvalue weighted by Crippen LogP contribution is -2.42. The number of nitrogens with two attached hydrogens (primary N) is 1. The molecule has 2 N–H and O–H groups in total. The van der Waals surface area contributed by atoms with E-state index in [2.05, 4.69) is 33.3 Å². The van der Waals surface area contributed by atoms with Gasteiger partial charge in [0.2, 0.25) is 17.6 Å². The van der Waals surface area contributed by atoms with Crippen molar-refractivity contribution in [3.63, 3.8) is 0 Å².